The van der Waals surface area contributed by atoms with Crippen molar-refractivity contribution in [2.75, 3.05) is 11.5 Å². The van der Waals surface area contributed by atoms with E-state index in [-0.39, 0.29) is 22.3 Å². The van der Waals surface area contributed by atoms with Gasteiger partial charge in [-0.3, -0.25) is 0 Å². The summed E-state index contributed by atoms with van der Waals surface area (Å²) in [5.41, 5.74) is 5.52. The van der Waals surface area contributed by atoms with Gasteiger partial charge in [-0.25, -0.2) is 12.8 Å². The first-order valence-corrected chi connectivity index (χ1v) is 7.30. The van der Waals surface area contributed by atoms with Crippen molar-refractivity contribution in [1.29, 1.82) is 0 Å². The molecule has 0 aliphatic carbocycles. The van der Waals surface area contributed by atoms with E-state index in [1.807, 2.05) is 13.8 Å². The molecule has 1 unspecified atom stereocenters. The predicted octanol–water partition coefficient (Wildman–Crippen LogP) is 2.62. The minimum absolute atomic E-state index is 0.0197. The van der Waals surface area contributed by atoms with Gasteiger partial charge in [0.25, 0.3) is 0 Å². The monoisotopic (exact) mass is 259 g/mol. The molecule has 2 N–H and O–H groups in total. The zero-order valence-corrected chi connectivity index (χ0v) is 10.9. The standard InChI is InChI=1S/C12H18FNO2S/c1-3-4-9(2)8-17(15,16)12-6-5-10(13)7-11(12)14/h5-7,9H,3-4,8,14H2,1-2H3. The van der Waals surface area contributed by atoms with Gasteiger partial charge in [-0.1, -0.05) is 20.3 Å². The molecule has 1 aromatic carbocycles. The van der Waals surface area contributed by atoms with Crippen molar-refractivity contribution in [3.8, 4) is 0 Å². The number of nitrogen functional groups attached to an aromatic ring is 1. The maximum atomic E-state index is 12.8. The Bertz CT molecular complexity index is 485. The van der Waals surface area contributed by atoms with E-state index in [1.165, 1.54) is 6.07 Å². The highest BCUT2D eigenvalue weighted by molar-refractivity contribution is 7.91. The second-order valence-electron chi connectivity index (χ2n) is 4.36. The van der Waals surface area contributed by atoms with E-state index in [4.69, 9.17) is 5.73 Å². The summed E-state index contributed by atoms with van der Waals surface area (Å²) in [4.78, 5) is 0.0295. The minimum Gasteiger partial charge on any atom is -0.398 e. The largest absolute Gasteiger partial charge is 0.398 e. The Hall–Kier alpha value is -1.10. The molecule has 0 heterocycles. The van der Waals surface area contributed by atoms with E-state index >= 15 is 0 Å². The van der Waals surface area contributed by atoms with Crippen LogP contribution in [0.4, 0.5) is 10.1 Å². The number of anilines is 1. The molecule has 1 aromatic rings. The van der Waals surface area contributed by atoms with Gasteiger partial charge in [0.2, 0.25) is 0 Å². The molecule has 0 aromatic heterocycles. The Balaban J connectivity index is 2.97. The lowest BCUT2D eigenvalue weighted by Crippen LogP contribution is -2.15. The van der Waals surface area contributed by atoms with E-state index in [0.29, 0.717) is 0 Å². The van der Waals surface area contributed by atoms with Crippen LogP contribution in [-0.4, -0.2) is 14.2 Å². The smallest absolute Gasteiger partial charge is 0.180 e. The van der Waals surface area contributed by atoms with Gasteiger partial charge < -0.3 is 5.73 Å². The zero-order valence-electron chi connectivity index (χ0n) is 10.1. The van der Waals surface area contributed by atoms with Gasteiger partial charge >= 0.3 is 0 Å². The molecular weight excluding hydrogens is 241 g/mol. The maximum Gasteiger partial charge on any atom is 0.180 e. The molecule has 5 heteroatoms. The molecule has 96 valence electrons. The molecule has 0 spiro atoms. The highest BCUT2D eigenvalue weighted by atomic mass is 32.2. The fourth-order valence-corrected chi connectivity index (χ4v) is 3.63. The number of rotatable bonds is 5. The molecular formula is C12H18FNO2S. The van der Waals surface area contributed by atoms with Gasteiger partial charge in [0.15, 0.2) is 9.84 Å². The van der Waals surface area contributed by atoms with Crippen LogP contribution in [0.3, 0.4) is 0 Å². The van der Waals surface area contributed by atoms with Crippen LogP contribution in [0.1, 0.15) is 26.7 Å². The van der Waals surface area contributed by atoms with Crippen molar-refractivity contribution in [2.45, 2.75) is 31.6 Å². The summed E-state index contributed by atoms with van der Waals surface area (Å²) in [5, 5.41) is 0. The molecule has 0 saturated carbocycles. The van der Waals surface area contributed by atoms with E-state index < -0.39 is 15.7 Å². The molecule has 17 heavy (non-hydrogen) atoms. The topological polar surface area (TPSA) is 60.2 Å². The molecule has 0 fully saturated rings. The van der Waals surface area contributed by atoms with Gasteiger partial charge in [0.05, 0.1) is 16.3 Å². The predicted molar refractivity (Wildman–Crippen MR) is 66.9 cm³/mol. The Labute approximate surface area is 102 Å². The first-order chi connectivity index (χ1) is 7.86. The van der Waals surface area contributed by atoms with Gasteiger partial charge in [-0.15, -0.1) is 0 Å². The molecule has 0 saturated heterocycles. The Morgan fingerprint density at radius 2 is 2.06 bits per heavy atom. The van der Waals surface area contributed by atoms with Crippen molar-refractivity contribution >= 4 is 15.5 Å². The van der Waals surface area contributed by atoms with Crippen LogP contribution >= 0.6 is 0 Å². The van der Waals surface area contributed by atoms with E-state index in [9.17, 15) is 12.8 Å². The van der Waals surface area contributed by atoms with Crippen molar-refractivity contribution in [1.82, 2.24) is 0 Å². The molecule has 0 amide bonds. The normalized spacial score (nSPS) is 13.6. The molecule has 0 aliphatic rings. The molecule has 0 aliphatic heterocycles. The fourth-order valence-electron chi connectivity index (χ4n) is 1.84. The Kier molecular flexibility index (Phi) is 4.51. The van der Waals surface area contributed by atoms with Crippen molar-refractivity contribution in [2.24, 2.45) is 5.92 Å². The minimum atomic E-state index is -3.42. The molecule has 1 rings (SSSR count). The van der Waals surface area contributed by atoms with E-state index in [1.54, 1.807) is 0 Å². The van der Waals surface area contributed by atoms with Crippen molar-refractivity contribution in [3.05, 3.63) is 24.0 Å². The molecule has 0 bridgehead atoms. The first kappa shape index (κ1) is 14.0. The van der Waals surface area contributed by atoms with Crippen LogP contribution in [0.5, 0.6) is 0 Å². The maximum absolute atomic E-state index is 12.8. The Morgan fingerprint density at radius 3 is 2.59 bits per heavy atom. The van der Waals surface area contributed by atoms with Gasteiger partial charge in [-0.2, -0.15) is 0 Å². The third kappa shape index (κ3) is 3.70. The zero-order chi connectivity index (χ0) is 13.1. The molecule has 1 atom stereocenters. The lowest BCUT2D eigenvalue weighted by atomic mass is 10.1. The summed E-state index contributed by atoms with van der Waals surface area (Å²) >= 11 is 0. The number of benzene rings is 1. The summed E-state index contributed by atoms with van der Waals surface area (Å²) in [6, 6.07) is 3.39. The highest BCUT2D eigenvalue weighted by Gasteiger charge is 2.20. The van der Waals surface area contributed by atoms with Crippen LogP contribution in [0, 0.1) is 11.7 Å². The molecule has 3 nitrogen and oxygen atoms in total. The third-order valence-corrected chi connectivity index (χ3v) is 4.64. The molecule has 0 radical (unpaired) electrons. The van der Waals surface area contributed by atoms with Crippen LogP contribution in [0.15, 0.2) is 23.1 Å². The third-order valence-electron chi connectivity index (χ3n) is 2.59. The quantitative estimate of drug-likeness (QED) is 0.653. The lowest BCUT2D eigenvalue weighted by Gasteiger charge is -2.12. The first-order valence-electron chi connectivity index (χ1n) is 5.64. The fraction of sp³-hybridized carbons (Fsp3) is 0.500. The number of hydrogen-bond acceptors (Lipinski definition) is 3. The number of hydrogen-bond donors (Lipinski definition) is 1. The average Bonchev–Trinajstić information content (AvgIpc) is 2.15. The second kappa shape index (κ2) is 5.49. The van der Waals surface area contributed by atoms with Gasteiger partial charge in [-0.05, 0) is 30.5 Å². The van der Waals surface area contributed by atoms with Crippen LogP contribution < -0.4 is 5.73 Å². The SMILES string of the molecule is CCCC(C)CS(=O)(=O)c1ccc(F)cc1N. The van der Waals surface area contributed by atoms with Gasteiger partial charge in [0.1, 0.15) is 5.82 Å². The van der Waals surface area contributed by atoms with Crippen LogP contribution in [-0.2, 0) is 9.84 Å². The number of nitrogens with two attached hydrogens (primary N) is 1. The second-order valence-corrected chi connectivity index (χ2v) is 6.36. The van der Waals surface area contributed by atoms with Crippen LogP contribution in [0.25, 0.3) is 0 Å². The summed E-state index contributed by atoms with van der Waals surface area (Å²) < 4.78 is 36.9. The van der Waals surface area contributed by atoms with E-state index in [2.05, 4.69) is 0 Å². The Morgan fingerprint density at radius 1 is 1.41 bits per heavy atom. The summed E-state index contributed by atoms with van der Waals surface area (Å²) in [7, 11) is -3.42. The van der Waals surface area contributed by atoms with Crippen molar-refractivity contribution in [3.63, 3.8) is 0 Å². The van der Waals surface area contributed by atoms with Crippen molar-refractivity contribution < 1.29 is 12.8 Å². The summed E-state index contributed by atoms with van der Waals surface area (Å²) in [5.74, 6) is -0.394. The summed E-state index contributed by atoms with van der Waals surface area (Å²) in [6.45, 7) is 3.90. The lowest BCUT2D eigenvalue weighted by molar-refractivity contribution is 0.545. The van der Waals surface area contributed by atoms with E-state index in [0.717, 1.165) is 25.0 Å². The number of halogens is 1. The highest BCUT2D eigenvalue weighted by Crippen LogP contribution is 2.23. The summed E-state index contributed by atoms with van der Waals surface area (Å²) in [6.07, 6.45) is 1.79. The van der Waals surface area contributed by atoms with Gasteiger partial charge in [0, 0.05) is 0 Å². The average molecular weight is 259 g/mol. The van der Waals surface area contributed by atoms with Crippen LogP contribution in [0.2, 0.25) is 0 Å². The number of sulfone groups is 1.